The summed E-state index contributed by atoms with van der Waals surface area (Å²) in [4.78, 5) is 0. The molecule has 0 saturated carbocycles. The van der Waals surface area contributed by atoms with Gasteiger partial charge in [0.15, 0.2) is 7.38 Å². The highest BCUT2D eigenvalue weighted by Crippen LogP contribution is 2.38. The monoisotopic (exact) mass is 354 g/mol. The van der Waals surface area contributed by atoms with Crippen LogP contribution in [0.2, 0.25) is 31.2 Å². The third-order valence-corrected chi connectivity index (χ3v) is 12.8. The topological polar surface area (TPSA) is 9.23 Å². The molecule has 0 spiro atoms. The van der Waals surface area contributed by atoms with E-state index in [0.29, 0.717) is 6.61 Å². The number of hydrogen-bond acceptors (Lipinski definition) is 1. The van der Waals surface area contributed by atoms with Crippen molar-refractivity contribution in [2.45, 2.75) is 58.9 Å². The van der Waals surface area contributed by atoms with Gasteiger partial charge in [0.1, 0.15) is 12.4 Å². The molecule has 0 aliphatic heterocycles. The van der Waals surface area contributed by atoms with E-state index in [4.69, 9.17) is 15.8 Å². The lowest BCUT2D eigenvalue weighted by molar-refractivity contribution is 0.368. The van der Waals surface area contributed by atoms with Gasteiger partial charge in [-0.3, -0.25) is 0 Å². The van der Waals surface area contributed by atoms with Gasteiger partial charge in [-0.1, -0.05) is 71.7 Å². The Hall–Kier alpha value is -0.516. The number of benzene rings is 1. The largest absolute Gasteiger partial charge is 0.490 e. The minimum atomic E-state index is -1.98. The average molecular weight is 355 g/mol. The molecule has 0 heterocycles. The Morgan fingerprint density at radius 1 is 1.18 bits per heavy atom. The molecule has 0 N–H and O–H groups in total. The summed E-state index contributed by atoms with van der Waals surface area (Å²) in [6.45, 7) is 22.7. The summed E-state index contributed by atoms with van der Waals surface area (Å²) < 4.78 is 6.17. The molecule has 0 aliphatic rings. The summed E-state index contributed by atoms with van der Waals surface area (Å²) in [5.74, 6) is 1.04. The third kappa shape index (κ3) is 3.87. The zero-order chi connectivity index (χ0) is 17.3. The first-order valence-corrected chi connectivity index (χ1v) is 14.9. The van der Waals surface area contributed by atoms with Crippen LogP contribution in [-0.4, -0.2) is 22.1 Å². The highest BCUT2D eigenvalue weighted by atomic mass is 35.6. The van der Waals surface area contributed by atoms with Crippen molar-refractivity contribution >= 4 is 36.9 Å². The molecule has 1 rings (SSSR count). The average Bonchev–Trinajstić information content (AvgIpc) is 2.32. The Kier molecular flexibility index (Phi) is 5.81. The fourth-order valence-electron chi connectivity index (χ4n) is 2.59. The van der Waals surface area contributed by atoms with Gasteiger partial charge < -0.3 is 4.74 Å². The molecule has 0 aromatic heterocycles. The van der Waals surface area contributed by atoms with Crippen LogP contribution in [0, 0.1) is 6.92 Å². The maximum absolute atomic E-state index is 6.78. The molecule has 1 aromatic carbocycles. The van der Waals surface area contributed by atoms with Gasteiger partial charge in [-0.15, -0.1) is 0 Å². The molecule has 22 heavy (non-hydrogen) atoms. The maximum Gasteiger partial charge on any atom is 0.185 e. The molecule has 0 aliphatic carbocycles. The summed E-state index contributed by atoms with van der Waals surface area (Å²) in [6, 6.07) is 4.40. The normalized spacial score (nSPS) is 13.1. The summed E-state index contributed by atoms with van der Waals surface area (Å²) in [6.07, 6.45) is 1.81. The number of rotatable bonds is 5. The van der Waals surface area contributed by atoms with E-state index in [2.05, 4.69) is 72.6 Å². The van der Waals surface area contributed by atoms with Gasteiger partial charge in [0.05, 0.1) is 8.07 Å². The molecule has 1 nitrogen and oxygen atoms in total. The van der Waals surface area contributed by atoms with Gasteiger partial charge in [0, 0.05) is 0 Å². The predicted octanol–water partition coefficient (Wildman–Crippen LogP) is 4.93. The summed E-state index contributed by atoms with van der Waals surface area (Å²) in [7, 11) is -3.71. The minimum Gasteiger partial charge on any atom is -0.490 e. The van der Waals surface area contributed by atoms with Crippen molar-refractivity contribution in [2.75, 3.05) is 6.61 Å². The van der Waals surface area contributed by atoms with E-state index >= 15 is 0 Å². The van der Waals surface area contributed by atoms with Crippen LogP contribution in [0.3, 0.4) is 0 Å². The first-order chi connectivity index (χ1) is 9.84. The van der Waals surface area contributed by atoms with Crippen LogP contribution >= 0.6 is 11.1 Å². The maximum atomic E-state index is 6.78. The van der Waals surface area contributed by atoms with E-state index in [-0.39, 0.29) is 5.04 Å². The molecule has 124 valence electrons. The third-order valence-electron chi connectivity index (χ3n) is 4.85. The lowest BCUT2D eigenvalue weighted by Crippen LogP contribution is -2.54. The predicted molar refractivity (Wildman–Crippen MR) is 107 cm³/mol. The number of aryl methyl sites for hydroxylation is 1. The fraction of sp³-hybridized carbons (Fsp3) is 0.556. The lowest BCUT2D eigenvalue weighted by Gasteiger charge is -2.40. The number of halogens is 1. The number of ether oxygens (including phenoxy) is 1. The Morgan fingerprint density at radius 3 is 2.14 bits per heavy atom. The first kappa shape index (κ1) is 19.5. The number of hydrogen-bond donors (Lipinski definition) is 0. The van der Waals surface area contributed by atoms with Crippen molar-refractivity contribution in [3.63, 3.8) is 0 Å². The highest BCUT2D eigenvalue weighted by molar-refractivity contribution is 7.26. The molecule has 4 heteroatoms. The Morgan fingerprint density at radius 2 is 1.73 bits per heavy atom. The van der Waals surface area contributed by atoms with E-state index < -0.39 is 15.5 Å². The minimum absolute atomic E-state index is 0.251. The Bertz CT molecular complexity index is 551. The summed E-state index contributed by atoms with van der Waals surface area (Å²) in [5.41, 5.74) is 1.32. The van der Waals surface area contributed by atoms with Crippen LogP contribution in [0.15, 0.2) is 24.8 Å². The Balaban J connectivity index is 3.71. The molecule has 0 bridgehead atoms. The molecular weight excluding hydrogens is 324 g/mol. The van der Waals surface area contributed by atoms with Gasteiger partial charge in [0.2, 0.25) is 0 Å². The second-order valence-electron chi connectivity index (χ2n) is 8.08. The smallest absolute Gasteiger partial charge is 0.185 e. The van der Waals surface area contributed by atoms with Gasteiger partial charge in [0.25, 0.3) is 0 Å². The second-order valence-corrected chi connectivity index (χ2v) is 19.6. The fourth-order valence-corrected chi connectivity index (χ4v) is 6.98. The van der Waals surface area contributed by atoms with Crippen LogP contribution in [0.1, 0.15) is 26.3 Å². The van der Waals surface area contributed by atoms with Crippen molar-refractivity contribution in [1.29, 1.82) is 0 Å². The molecule has 0 radical (unpaired) electrons. The standard InChI is InChI=1S/C18H31ClOSi2/c1-10-13-20-16-15(22(8,9)19)12-11-14(2)17(16)21(6,7)18(3,4)5/h10-12H,1,13H2,2-9H3. The molecule has 0 saturated heterocycles. The van der Waals surface area contributed by atoms with E-state index in [1.165, 1.54) is 15.9 Å². The van der Waals surface area contributed by atoms with Crippen LogP contribution in [0.4, 0.5) is 0 Å². The SMILES string of the molecule is C=CCOc1c([Si](C)(C)Cl)ccc(C)c1[Si](C)(C)C(C)(C)C. The van der Waals surface area contributed by atoms with E-state index in [1.807, 2.05) is 6.08 Å². The highest BCUT2D eigenvalue weighted by Gasteiger charge is 2.41. The molecule has 0 unspecified atom stereocenters. The summed E-state index contributed by atoms with van der Waals surface area (Å²) >= 11 is 6.78. The van der Waals surface area contributed by atoms with Crippen molar-refractivity contribution in [2.24, 2.45) is 0 Å². The zero-order valence-electron chi connectivity index (χ0n) is 15.4. The van der Waals surface area contributed by atoms with Crippen molar-refractivity contribution < 1.29 is 4.74 Å². The first-order valence-electron chi connectivity index (χ1n) is 7.91. The van der Waals surface area contributed by atoms with Gasteiger partial charge in [-0.25, -0.2) is 0 Å². The van der Waals surface area contributed by atoms with E-state index in [1.54, 1.807) is 0 Å². The van der Waals surface area contributed by atoms with Gasteiger partial charge >= 0.3 is 0 Å². The quantitative estimate of drug-likeness (QED) is 0.414. The van der Waals surface area contributed by atoms with Crippen molar-refractivity contribution in [3.05, 3.63) is 30.4 Å². The molecule has 0 atom stereocenters. The van der Waals surface area contributed by atoms with Crippen LogP contribution in [-0.2, 0) is 0 Å². The van der Waals surface area contributed by atoms with E-state index in [0.717, 1.165) is 5.75 Å². The van der Waals surface area contributed by atoms with Crippen molar-refractivity contribution in [3.8, 4) is 5.75 Å². The summed E-state index contributed by atoms with van der Waals surface area (Å²) in [5, 5.41) is 2.88. The van der Waals surface area contributed by atoms with Crippen LogP contribution in [0.25, 0.3) is 0 Å². The molecule has 0 amide bonds. The Labute approximate surface area is 143 Å². The zero-order valence-corrected chi connectivity index (χ0v) is 18.2. The molecule has 0 fully saturated rings. The van der Waals surface area contributed by atoms with Crippen LogP contribution in [0.5, 0.6) is 5.75 Å². The molecule has 1 aromatic rings. The van der Waals surface area contributed by atoms with Crippen molar-refractivity contribution in [1.82, 2.24) is 0 Å². The molecular formula is C18H31ClOSi2. The van der Waals surface area contributed by atoms with Crippen LogP contribution < -0.4 is 15.1 Å². The van der Waals surface area contributed by atoms with E-state index in [9.17, 15) is 0 Å². The van der Waals surface area contributed by atoms with Gasteiger partial charge in [-0.05, 0) is 27.9 Å². The van der Waals surface area contributed by atoms with Gasteiger partial charge in [-0.2, -0.15) is 11.1 Å². The second kappa shape index (κ2) is 6.54. The lowest BCUT2D eigenvalue weighted by atomic mass is 10.2.